The monoisotopic (exact) mass is 435 g/mol. The van der Waals surface area contributed by atoms with Crippen LogP contribution in [0.15, 0.2) is 120 Å². The first-order valence-corrected chi connectivity index (χ1v) is 10.8. The number of para-hydroxylation sites is 1. The molecule has 1 N–H and O–H groups in total. The number of aliphatic imine (C=N–C) groups is 1. The third-order valence-electron chi connectivity index (χ3n) is 5.14. The van der Waals surface area contributed by atoms with E-state index in [-0.39, 0.29) is 6.04 Å². The highest BCUT2D eigenvalue weighted by atomic mass is 35.5. The SMILES string of the molecule is N#CC(N=C(c1ccccc1)c1ccccc1)C(Nc1ccccc1)c1ccc(Cl)cc1. The van der Waals surface area contributed by atoms with Crippen molar-refractivity contribution in [2.24, 2.45) is 4.99 Å². The smallest absolute Gasteiger partial charge is 0.161 e. The highest BCUT2D eigenvalue weighted by Crippen LogP contribution is 2.27. The second kappa shape index (κ2) is 10.4. The van der Waals surface area contributed by atoms with Crippen molar-refractivity contribution in [2.75, 3.05) is 5.32 Å². The van der Waals surface area contributed by atoms with Crippen molar-refractivity contribution in [3.63, 3.8) is 0 Å². The van der Waals surface area contributed by atoms with Gasteiger partial charge in [-0.3, -0.25) is 4.99 Å². The first-order chi connectivity index (χ1) is 15.7. The van der Waals surface area contributed by atoms with Gasteiger partial charge in [0.2, 0.25) is 0 Å². The molecule has 0 bridgehead atoms. The highest BCUT2D eigenvalue weighted by Gasteiger charge is 2.24. The van der Waals surface area contributed by atoms with Crippen molar-refractivity contribution < 1.29 is 0 Å². The van der Waals surface area contributed by atoms with Gasteiger partial charge < -0.3 is 5.32 Å². The van der Waals surface area contributed by atoms with E-state index in [1.54, 1.807) is 0 Å². The fourth-order valence-electron chi connectivity index (χ4n) is 3.55. The molecule has 2 atom stereocenters. The van der Waals surface area contributed by atoms with E-state index >= 15 is 0 Å². The van der Waals surface area contributed by atoms with Crippen molar-refractivity contribution in [1.29, 1.82) is 5.26 Å². The second-order valence-corrected chi connectivity index (χ2v) is 7.76. The summed E-state index contributed by atoms with van der Waals surface area (Å²) in [5.41, 5.74) is 4.58. The molecule has 0 aliphatic carbocycles. The fraction of sp³-hybridized carbons (Fsp3) is 0.0714. The molecule has 0 saturated heterocycles. The molecular weight excluding hydrogens is 414 g/mol. The molecule has 4 aromatic carbocycles. The molecule has 0 saturated carbocycles. The van der Waals surface area contributed by atoms with E-state index in [0.29, 0.717) is 5.02 Å². The third kappa shape index (κ3) is 5.24. The van der Waals surface area contributed by atoms with E-state index in [2.05, 4.69) is 11.4 Å². The van der Waals surface area contributed by atoms with E-state index < -0.39 is 6.04 Å². The summed E-state index contributed by atoms with van der Waals surface area (Å²) in [6.45, 7) is 0. The van der Waals surface area contributed by atoms with E-state index in [0.717, 1.165) is 28.1 Å². The Bertz CT molecular complexity index is 1160. The van der Waals surface area contributed by atoms with Gasteiger partial charge in [-0.25, -0.2) is 0 Å². The number of halogens is 1. The lowest BCUT2D eigenvalue weighted by Crippen LogP contribution is -2.25. The van der Waals surface area contributed by atoms with Crippen LogP contribution in [-0.4, -0.2) is 11.8 Å². The molecule has 0 aromatic heterocycles. The zero-order chi connectivity index (χ0) is 22.2. The molecule has 0 amide bonds. The van der Waals surface area contributed by atoms with Gasteiger partial charge in [-0.2, -0.15) is 5.26 Å². The molecule has 0 aliphatic heterocycles. The second-order valence-electron chi connectivity index (χ2n) is 7.32. The lowest BCUT2D eigenvalue weighted by Gasteiger charge is -2.24. The number of nitriles is 1. The van der Waals surface area contributed by atoms with Gasteiger partial charge >= 0.3 is 0 Å². The van der Waals surface area contributed by atoms with Crippen LogP contribution in [0.1, 0.15) is 22.7 Å². The molecule has 156 valence electrons. The van der Waals surface area contributed by atoms with Gasteiger partial charge in [0.05, 0.1) is 17.8 Å². The van der Waals surface area contributed by atoms with Gasteiger partial charge in [-0.15, -0.1) is 0 Å². The molecule has 0 aliphatic rings. The number of hydrogen-bond acceptors (Lipinski definition) is 3. The minimum Gasteiger partial charge on any atom is -0.375 e. The number of hydrogen-bond donors (Lipinski definition) is 1. The summed E-state index contributed by atoms with van der Waals surface area (Å²) in [6.07, 6.45) is 0. The first kappa shape index (κ1) is 21.4. The Morgan fingerprint density at radius 1 is 0.719 bits per heavy atom. The summed E-state index contributed by atoms with van der Waals surface area (Å²) in [6, 6.07) is 38.7. The molecule has 0 heterocycles. The van der Waals surface area contributed by atoms with Crippen LogP contribution in [0.25, 0.3) is 0 Å². The summed E-state index contributed by atoms with van der Waals surface area (Å²) in [5, 5.41) is 14.4. The molecule has 32 heavy (non-hydrogen) atoms. The van der Waals surface area contributed by atoms with Crippen LogP contribution in [0.3, 0.4) is 0 Å². The van der Waals surface area contributed by atoms with E-state index in [9.17, 15) is 5.26 Å². The van der Waals surface area contributed by atoms with Gasteiger partial charge in [0.15, 0.2) is 6.04 Å². The normalized spacial score (nSPS) is 12.2. The topological polar surface area (TPSA) is 48.2 Å². The van der Waals surface area contributed by atoms with Crippen LogP contribution in [0.5, 0.6) is 0 Å². The van der Waals surface area contributed by atoms with Crippen LogP contribution in [0.4, 0.5) is 5.69 Å². The predicted molar refractivity (Wildman–Crippen MR) is 132 cm³/mol. The van der Waals surface area contributed by atoms with Gasteiger partial charge in [0.25, 0.3) is 0 Å². The zero-order valence-electron chi connectivity index (χ0n) is 17.4. The van der Waals surface area contributed by atoms with E-state index in [4.69, 9.17) is 16.6 Å². The van der Waals surface area contributed by atoms with Gasteiger partial charge in [0, 0.05) is 21.8 Å². The maximum Gasteiger partial charge on any atom is 0.161 e. The molecule has 3 nitrogen and oxygen atoms in total. The zero-order valence-corrected chi connectivity index (χ0v) is 18.2. The van der Waals surface area contributed by atoms with Crippen LogP contribution in [0, 0.1) is 11.3 Å². The molecule has 0 radical (unpaired) electrons. The van der Waals surface area contributed by atoms with E-state index in [1.165, 1.54) is 0 Å². The van der Waals surface area contributed by atoms with Gasteiger partial charge in [-0.1, -0.05) is 103 Å². The summed E-state index contributed by atoms with van der Waals surface area (Å²) in [5.74, 6) is 0. The van der Waals surface area contributed by atoms with Crippen LogP contribution >= 0.6 is 11.6 Å². The van der Waals surface area contributed by atoms with Crippen LogP contribution in [0.2, 0.25) is 5.02 Å². The summed E-state index contributed by atoms with van der Waals surface area (Å²) >= 11 is 6.12. The standard InChI is InChI=1S/C28H22ClN3/c29-24-18-16-23(17-19-24)28(31-25-14-8-3-9-15-25)26(20-30)32-27(21-10-4-1-5-11-21)22-12-6-2-7-13-22/h1-19,26,28,31H. The molecule has 0 spiro atoms. The van der Waals surface area contributed by atoms with Crippen LogP contribution in [-0.2, 0) is 0 Å². The van der Waals surface area contributed by atoms with Crippen molar-refractivity contribution in [3.8, 4) is 6.07 Å². The van der Waals surface area contributed by atoms with Crippen molar-refractivity contribution >= 4 is 23.0 Å². The number of nitrogens with zero attached hydrogens (tertiary/aromatic N) is 2. The molecule has 2 unspecified atom stereocenters. The molecule has 4 heteroatoms. The summed E-state index contributed by atoms with van der Waals surface area (Å²) in [7, 11) is 0. The lowest BCUT2D eigenvalue weighted by atomic mass is 9.97. The predicted octanol–water partition coefficient (Wildman–Crippen LogP) is 6.92. The third-order valence-corrected chi connectivity index (χ3v) is 5.39. The van der Waals surface area contributed by atoms with Crippen molar-refractivity contribution in [2.45, 2.75) is 12.1 Å². The largest absolute Gasteiger partial charge is 0.375 e. The summed E-state index contributed by atoms with van der Waals surface area (Å²) in [4.78, 5) is 4.99. The Morgan fingerprint density at radius 3 is 1.72 bits per heavy atom. The van der Waals surface area contributed by atoms with E-state index in [1.807, 2.05) is 115 Å². The minimum absolute atomic E-state index is 0.359. The van der Waals surface area contributed by atoms with Gasteiger partial charge in [-0.05, 0) is 29.8 Å². The Balaban J connectivity index is 1.80. The average Bonchev–Trinajstić information content (AvgIpc) is 2.86. The maximum absolute atomic E-state index is 10.2. The summed E-state index contributed by atoms with van der Waals surface area (Å²) < 4.78 is 0. The highest BCUT2D eigenvalue weighted by molar-refractivity contribution is 6.30. The average molecular weight is 436 g/mol. The minimum atomic E-state index is -0.674. The molecule has 4 aromatic rings. The Morgan fingerprint density at radius 2 is 1.22 bits per heavy atom. The number of benzene rings is 4. The Labute approximate surface area is 193 Å². The van der Waals surface area contributed by atoms with Crippen LogP contribution < -0.4 is 5.32 Å². The van der Waals surface area contributed by atoms with Gasteiger partial charge in [0.1, 0.15) is 0 Å². The van der Waals surface area contributed by atoms with Crippen molar-refractivity contribution in [1.82, 2.24) is 0 Å². The maximum atomic E-state index is 10.2. The number of anilines is 1. The quantitative estimate of drug-likeness (QED) is 0.320. The Kier molecular flexibility index (Phi) is 6.97. The molecular formula is C28H22ClN3. The molecule has 4 rings (SSSR count). The fourth-order valence-corrected chi connectivity index (χ4v) is 3.68. The Hall–Kier alpha value is -3.87. The molecule has 0 fully saturated rings. The number of nitrogens with one attached hydrogen (secondary N) is 1. The van der Waals surface area contributed by atoms with Crippen molar-refractivity contribution in [3.05, 3.63) is 137 Å². The number of rotatable bonds is 7. The first-order valence-electron chi connectivity index (χ1n) is 10.4. The lowest BCUT2D eigenvalue weighted by molar-refractivity contribution is 0.690.